The van der Waals surface area contributed by atoms with Crippen molar-refractivity contribution in [3.05, 3.63) is 24.3 Å². The highest BCUT2D eigenvalue weighted by molar-refractivity contribution is 5.94. The molecule has 0 saturated heterocycles. The lowest BCUT2D eigenvalue weighted by molar-refractivity contribution is -0.123. The van der Waals surface area contributed by atoms with Crippen molar-refractivity contribution >= 4 is 29.9 Å². The Hall–Kier alpha value is -1.79. The topological polar surface area (TPSA) is 93.5 Å². The van der Waals surface area contributed by atoms with E-state index in [1.54, 1.807) is 24.3 Å². The molecule has 7 heteroatoms. The lowest BCUT2D eigenvalue weighted by atomic mass is 10.3. The average molecular weight is 288 g/mol. The Kier molecular flexibility index (Phi) is 8.32. The minimum absolute atomic E-state index is 0. The molecule has 0 atom stereocenters. The number of nitrogens with one attached hydrogen (secondary N) is 2. The monoisotopic (exact) mass is 287 g/mol. The van der Waals surface area contributed by atoms with Gasteiger partial charge in [-0.2, -0.15) is 0 Å². The van der Waals surface area contributed by atoms with E-state index >= 15 is 0 Å². The summed E-state index contributed by atoms with van der Waals surface area (Å²) in [5.41, 5.74) is 5.74. The SMILES string of the molecule is CCOc1ccc(NC(=O)CNC(=O)CN)cc1.Cl. The van der Waals surface area contributed by atoms with Crippen LogP contribution in [0.2, 0.25) is 0 Å². The van der Waals surface area contributed by atoms with Gasteiger partial charge in [-0.25, -0.2) is 0 Å². The van der Waals surface area contributed by atoms with Crippen molar-refractivity contribution in [1.82, 2.24) is 5.32 Å². The smallest absolute Gasteiger partial charge is 0.243 e. The summed E-state index contributed by atoms with van der Waals surface area (Å²) >= 11 is 0. The van der Waals surface area contributed by atoms with Crippen LogP contribution in [0.25, 0.3) is 0 Å². The number of hydrogen-bond acceptors (Lipinski definition) is 4. The molecule has 1 rings (SSSR count). The lowest BCUT2D eigenvalue weighted by Crippen LogP contribution is -2.36. The van der Waals surface area contributed by atoms with Crippen LogP contribution < -0.4 is 21.1 Å². The van der Waals surface area contributed by atoms with Crippen LogP contribution in [-0.4, -0.2) is 31.5 Å². The standard InChI is InChI=1S/C12H17N3O3.ClH/c1-2-18-10-5-3-9(4-6-10)15-12(17)8-14-11(16)7-13;/h3-6H,2,7-8,13H2,1H3,(H,14,16)(H,15,17);1H. The second-order valence-electron chi connectivity index (χ2n) is 3.49. The Labute approximate surface area is 118 Å². The molecule has 0 bridgehead atoms. The van der Waals surface area contributed by atoms with Gasteiger partial charge in [-0.05, 0) is 31.2 Å². The summed E-state index contributed by atoms with van der Waals surface area (Å²) in [6.45, 7) is 2.27. The highest BCUT2D eigenvalue weighted by atomic mass is 35.5. The van der Waals surface area contributed by atoms with Crippen LogP contribution in [-0.2, 0) is 9.59 Å². The Morgan fingerprint density at radius 3 is 2.37 bits per heavy atom. The normalized spacial score (nSPS) is 9.16. The van der Waals surface area contributed by atoms with Crippen LogP contribution in [0, 0.1) is 0 Å². The van der Waals surface area contributed by atoms with E-state index in [4.69, 9.17) is 10.5 Å². The van der Waals surface area contributed by atoms with Crippen LogP contribution in [0.5, 0.6) is 5.75 Å². The zero-order valence-corrected chi connectivity index (χ0v) is 11.5. The molecule has 6 nitrogen and oxygen atoms in total. The number of carbonyl (C=O) groups excluding carboxylic acids is 2. The molecule has 0 fully saturated rings. The Morgan fingerprint density at radius 1 is 1.21 bits per heavy atom. The fraction of sp³-hybridized carbons (Fsp3) is 0.333. The molecule has 0 spiro atoms. The van der Waals surface area contributed by atoms with E-state index in [0.29, 0.717) is 12.3 Å². The van der Waals surface area contributed by atoms with Crippen molar-refractivity contribution in [2.45, 2.75) is 6.92 Å². The number of benzene rings is 1. The minimum atomic E-state index is -0.364. The number of rotatable bonds is 6. The number of halogens is 1. The largest absolute Gasteiger partial charge is 0.494 e. The first-order valence-electron chi connectivity index (χ1n) is 5.65. The molecule has 4 N–H and O–H groups in total. The highest BCUT2D eigenvalue weighted by Crippen LogP contribution is 2.15. The maximum absolute atomic E-state index is 11.4. The predicted molar refractivity (Wildman–Crippen MR) is 75.6 cm³/mol. The summed E-state index contributed by atoms with van der Waals surface area (Å²) in [4.78, 5) is 22.3. The molecule has 0 unspecified atom stereocenters. The summed E-state index contributed by atoms with van der Waals surface area (Å²) in [6, 6.07) is 6.98. The third kappa shape index (κ3) is 6.64. The molecule has 0 saturated carbocycles. The molecule has 1 aromatic carbocycles. The zero-order chi connectivity index (χ0) is 13.4. The second kappa shape index (κ2) is 9.18. The summed E-state index contributed by atoms with van der Waals surface area (Å²) in [7, 11) is 0. The van der Waals surface area contributed by atoms with Crippen molar-refractivity contribution in [2.24, 2.45) is 5.73 Å². The molecule has 0 aromatic heterocycles. The molecule has 2 amide bonds. The van der Waals surface area contributed by atoms with Crippen LogP contribution in [0.4, 0.5) is 5.69 Å². The van der Waals surface area contributed by atoms with Gasteiger partial charge in [0.05, 0.1) is 19.7 Å². The molecule has 0 radical (unpaired) electrons. The molecule has 0 aliphatic rings. The van der Waals surface area contributed by atoms with Crippen molar-refractivity contribution in [3.8, 4) is 5.75 Å². The van der Waals surface area contributed by atoms with Crippen molar-refractivity contribution in [1.29, 1.82) is 0 Å². The molecule has 19 heavy (non-hydrogen) atoms. The van der Waals surface area contributed by atoms with Gasteiger partial charge in [-0.1, -0.05) is 0 Å². The number of carbonyl (C=O) groups is 2. The first kappa shape index (κ1) is 17.2. The van der Waals surface area contributed by atoms with E-state index < -0.39 is 0 Å². The van der Waals surface area contributed by atoms with Gasteiger partial charge >= 0.3 is 0 Å². The molecular weight excluding hydrogens is 270 g/mol. The summed E-state index contributed by atoms with van der Waals surface area (Å²) < 4.78 is 5.28. The fourth-order valence-electron chi connectivity index (χ4n) is 1.26. The molecule has 1 aromatic rings. The highest BCUT2D eigenvalue weighted by Gasteiger charge is 2.04. The molecule has 0 aliphatic heterocycles. The van der Waals surface area contributed by atoms with Crippen LogP contribution >= 0.6 is 12.4 Å². The van der Waals surface area contributed by atoms with Crippen LogP contribution in [0.1, 0.15) is 6.92 Å². The maximum Gasteiger partial charge on any atom is 0.243 e. The predicted octanol–water partition coefficient (Wildman–Crippen LogP) is 0.520. The number of hydrogen-bond donors (Lipinski definition) is 3. The first-order chi connectivity index (χ1) is 8.65. The average Bonchev–Trinajstić information content (AvgIpc) is 2.38. The maximum atomic E-state index is 11.4. The molecule has 0 heterocycles. The molecule has 0 aliphatic carbocycles. The summed E-state index contributed by atoms with van der Waals surface area (Å²) in [6.07, 6.45) is 0. The van der Waals surface area contributed by atoms with Crippen molar-refractivity contribution in [3.63, 3.8) is 0 Å². The quantitative estimate of drug-likeness (QED) is 0.711. The van der Waals surface area contributed by atoms with Gasteiger partial charge in [-0.15, -0.1) is 12.4 Å². The minimum Gasteiger partial charge on any atom is -0.494 e. The van der Waals surface area contributed by atoms with E-state index in [2.05, 4.69) is 10.6 Å². The third-order valence-electron chi connectivity index (χ3n) is 2.08. The van der Waals surface area contributed by atoms with E-state index in [1.807, 2.05) is 6.92 Å². The van der Waals surface area contributed by atoms with Gasteiger partial charge < -0.3 is 21.1 Å². The second-order valence-corrected chi connectivity index (χ2v) is 3.49. The van der Waals surface area contributed by atoms with Crippen LogP contribution in [0.15, 0.2) is 24.3 Å². The Morgan fingerprint density at radius 2 is 1.84 bits per heavy atom. The number of anilines is 1. The zero-order valence-electron chi connectivity index (χ0n) is 10.6. The van der Waals surface area contributed by atoms with Gasteiger partial charge in [0.25, 0.3) is 0 Å². The molecule has 106 valence electrons. The van der Waals surface area contributed by atoms with Crippen molar-refractivity contribution < 1.29 is 14.3 Å². The third-order valence-corrected chi connectivity index (χ3v) is 2.08. The molecular formula is C12H18ClN3O3. The summed E-state index contributed by atoms with van der Waals surface area (Å²) in [5.74, 6) is 0.0738. The van der Waals surface area contributed by atoms with Gasteiger partial charge in [0.15, 0.2) is 0 Å². The Bertz CT molecular complexity index is 409. The van der Waals surface area contributed by atoms with E-state index in [1.165, 1.54) is 0 Å². The summed E-state index contributed by atoms with van der Waals surface area (Å²) in [5, 5.41) is 5.02. The lowest BCUT2D eigenvalue weighted by Gasteiger charge is -2.07. The Balaban J connectivity index is 0.00000324. The van der Waals surface area contributed by atoms with E-state index in [9.17, 15) is 9.59 Å². The first-order valence-corrected chi connectivity index (χ1v) is 5.65. The van der Waals surface area contributed by atoms with Gasteiger partial charge in [0.1, 0.15) is 5.75 Å². The number of ether oxygens (including phenoxy) is 1. The van der Waals surface area contributed by atoms with Crippen molar-refractivity contribution in [2.75, 3.05) is 25.0 Å². The van der Waals surface area contributed by atoms with E-state index in [-0.39, 0.29) is 37.3 Å². The van der Waals surface area contributed by atoms with Gasteiger partial charge in [0, 0.05) is 5.69 Å². The number of nitrogens with two attached hydrogens (primary N) is 1. The van der Waals surface area contributed by atoms with Gasteiger partial charge in [0.2, 0.25) is 11.8 Å². The number of amides is 2. The van der Waals surface area contributed by atoms with Gasteiger partial charge in [-0.3, -0.25) is 9.59 Å². The fourth-order valence-corrected chi connectivity index (χ4v) is 1.26. The van der Waals surface area contributed by atoms with E-state index in [0.717, 1.165) is 5.75 Å². The van der Waals surface area contributed by atoms with Crippen LogP contribution in [0.3, 0.4) is 0 Å².